The van der Waals surface area contributed by atoms with Crippen LogP contribution < -0.4 is 9.47 Å². The van der Waals surface area contributed by atoms with Gasteiger partial charge >= 0.3 is 5.97 Å². The molecule has 0 amide bonds. The number of cyclic esters (lactones) is 1. The summed E-state index contributed by atoms with van der Waals surface area (Å²) in [7, 11) is 0. The topological polar surface area (TPSA) is 74.4 Å². The summed E-state index contributed by atoms with van der Waals surface area (Å²) in [6.45, 7) is 4.79. The lowest BCUT2D eigenvalue weighted by atomic mass is 10.2. The number of aromatic nitrogens is 2. The van der Waals surface area contributed by atoms with E-state index >= 15 is 0 Å². The maximum Gasteiger partial charge on any atom is 0.363 e. The fourth-order valence-corrected chi connectivity index (χ4v) is 3.75. The van der Waals surface area contributed by atoms with E-state index in [0.29, 0.717) is 41.1 Å². The second-order valence-corrected chi connectivity index (χ2v) is 6.94. The van der Waals surface area contributed by atoms with Crippen molar-refractivity contribution in [2.45, 2.75) is 13.8 Å². The SMILES string of the molecule is CCOc1ccc(C2=NC(=Cc3c(Cl)nc4sccn34)C(=O)O2)cc1OCC. The van der Waals surface area contributed by atoms with E-state index < -0.39 is 5.97 Å². The minimum absolute atomic E-state index is 0.150. The zero-order chi connectivity index (χ0) is 19.7. The Balaban J connectivity index is 1.70. The van der Waals surface area contributed by atoms with Crippen LogP contribution in [0.3, 0.4) is 0 Å². The van der Waals surface area contributed by atoms with Crippen LogP contribution in [-0.4, -0.2) is 34.5 Å². The number of thiazole rings is 1. The van der Waals surface area contributed by atoms with E-state index in [9.17, 15) is 4.79 Å². The molecule has 0 spiro atoms. The summed E-state index contributed by atoms with van der Waals surface area (Å²) < 4.78 is 18.3. The van der Waals surface area contributed by atoms with Gasteiger partial charge in [0.2, 0.25) is 5.90 Å². The molecule has 3 heterocycles. The largest absolute Gasteiger partial charge is 0.490 e. The molecule has 0 bridgehead atoms. The molecule has 2 aromatic heterocycles. The Morgan fingerprint density at radius 3 is 2.82 bits per heavy atom. The highest BCUT2D eigenvalue weighted by molar-refractivity contribution is 7.15. The minimum Gasteiger partial charge on any atom is -0.490 e. The predicted octanol–water partition coefficient (Wildman–Crippen LogP) is 4.19. The highest BCUT2D eigenvalue weighted by atomic mass is 35.5. The van der Waals surface area contributed by atoms with Crippen molar-refractivity contribution in [2.75, 3.05) is 13.2 Å². The lowest BCUT2D eigenvalue weighted by Gasteiger charge is -2.11. The number of esters is 1. The van der Waals surface area contributed by atoms with Crippen LogP contribution >= 0.6 is 22.9 Å². The number of hydrogen-bond acceptors (Lipinski definition) is 7. The van der Waals surface area contributed by atoms with Crippen molar-refractivity contribution in [3.8, 4) is 11.5 Å². The van der Waals surface area contributed by atoms with Gasteiger partial charge in [-0.25, -0.2) is 14.8 Å². The Hall–Kier alpha value is -2.84. The molecule has 9 heteroatoms. The van der Waals surface area contributed by atoms with E-state index in [-0.39, 0.29) is 11.6 Å². The highest BCUT2D eigenvalue weighted by Crippen LogP contribution is 2.31. The van der Waals surface area contributed by atoms with Crippen LogP contribution in [0.1, 0.15) is 25.1 Å². The standard InChI is InChI=1S/C19H16ClN3O4S/c1-3-25-14-6-5-11(9-15(14)26-4-2)17-21-12(18(24)27-17)10-13-16(20)22-19-23(13)7-8-28-19/h5-10H,3-4H2,1-2H3. The van der Waals surface area contributed by atoms with Gasteiger partial charge in [-0.1, -0.05) is 11.6 Å². The molecule has 0 N–H and O–H groups in total. The molecule has 3 aromatic rings. The second kappa shape index (κ2) is 7.65. The quantitative estimate of drug-likeness (QED) is 0.444. The lowest BCUT2D eigenvalue weighted by molar-refractivity contribution is -0.129. The molecule has 28 heavy (non-hydrogen) atoms. The molecule has 7 nitrogen and oxygen atoms in total. The molecule has 0 saturated carbocycles. The van der Waals surface area contributed by atoms with Crippen LogP contribution in [0.4, 0.5) is 0 Å². The van der Waals surface area contributed by atoms with Gasteiger partial charge in [-0.05, 0) is 38.1 Å². The third kappa shape index (κ3) is 3.36. The molecule has 144 valence electrons. The van der Waals surface area contributed by atoms with Crippen molar-refractivity contribution >= 4 is 45.8 Å². The molecule has 0 atom stereocenters. The van der Waals surface area contributed by atoms with Crippen molar-refractivity contribution in [2.24, 2.45) is 4.99 Å². The minimum atomic E-state index is -0.553. The van der Waals surface area contributed by atoms with Gasteiger partial charge in [0.15, 0.2) is 27.3 Å². The number of hydrogen-bond donors (Lipinski definition) is 0. The number of aliphatic imine (C=N–C) groups is 1. The average molecular weight is 418 g/mol. The Labute approximate surface area is 169 Å². The van der Waals surface area contributed by atoms with Crippen molar-refractivity contribution < 1.29 is 19.0 Å². The van der Waals surface area contributed by atoms with Gasteiger partial charge < -0.3 is 14.2 Å². The zero-order valence-corrected chi connectivity index (χ0v) is 16.7. The average Bonchev–Trinajstić information content (AvgIpc) is 3.34. The van der Waals surface area contributed by atoms with Gasteiger partial charge in [-0.2, -0.15) is 0 Å². The van der Waals surface area contributed by atoms with Gasteiger partial charge in [0, 0.05) is 17.1 Å². The third-order valence-electron chi connectivity index (χ3n) is 3.94. The normalized spacial score (nSPS) is 15.2. The van der Waals surface area contributed by atoms with Crippen LogP contribution in [-0.2, 0) is 9.53 Å². The third-order valence-corrected chi connectivity index (χ3v) is 4.97. The number of carbonyl (C=O) groups is 1. The Morgan fingerprint density at radius 2 is 2.04 bits per heavy atom. The van der Waals surface area contributed by atoms with Gasteiger partial charge in [-0.15, -0.1) is 11.3 Å². The molecule has 0 radical (unpaired) electrons. The van der Waals surface area contributed by atoms with Crippen molar-refractivity contribution in [1.29, 1.82) is 0 Å². The van der Waals surface area contributed by atoms with Crippen LogP contribution in [0.2, 0.25) is 5.15 Å². The molecule has 1 aliphatic heterocycles. The summed E-state index contributed by atoms with van der Waals surface area (Å²) in [5, 5.41) is 2.19. The summed E-state index contributed by atoms with van der Waals surface area (Å²) in [5.74, 6) is 0.835. The number of halogens is 1. The predicted molar refractivity (Wildman–Crippen MR) is 107 cm³/mol. The first kappa shape index (κ1) is 18.5. The number of imidazole rings is 1. The van der Waals surface area contributed by atoms with Gasteiger partial charge in [0.1, 0.15) is 0 Å². The maximum atomic E-state index is 12.3. The maximum absolute atomic E-state index is 12.3. The van der Waals surface area contributed by atoms with E-state index in [1.54, 1.807) is 28.7 Å². The fraction of sp³-hybridized carbons (Fsp3) is 0.211. The molecule has 1 aromatic carbocycles. The Kier molecular flexibility index (Phi) is 5.06. The number of nitrogens with zero attached hydrogens (tertiary/aromatic N) is 3. The molecule has 0 aliphatic carbocycles. The van der Waals surface area contributed by atoms with Crippen LogP contribution in [0, 0.1) is 0 Å². The number of ether oxygens (including phenoxy) is 3. The summed E-state index contributed by atoms with van der Waals surface area (Å²) in [4.78, 5) is 21.6. The van der Waals surface area contributed by atoms with E-state index in [2.05, 4.69) is 9.98 Å². The van der Waals surface area contributed by atoms with Gasteiger partial charge in [0.25, 0.3) is 0 Å². The monoisotopic (exact) mass is 417 g/mol. The van der Waals surface area contributed by atoms with Crippen LogP contribution in [0.25, 0.3) is 11.0 Å². The molecular weight excluding hydrogens is 402 g/mol. The van der Waals surface area contributed by atoms with Gasteiger partial charge in [-0.3, -0.25) is 4.40 Å². The van der Waals surface area contributed by atoms with Crippen molar-refractivity contribution in [1.82, 2.24) is 9.38 Å². The Bertz CT molecular complexity index is 1120. The molecule has 1 aliphatic rings. The number of benzene rings is 1. The van der Waals surface area contributed by atoms with Crippen LogP contribution in [0.15, 0.2) is 40.5 Å². The first-order valence-corrected chi connectivity index (χ1v) is 9.90. The second-order valence-electron chi connectivity index (χ2n) is 5.71. The number of rotatable bonds is 6. The summed E-state index contributed by atoms with van der Waals surface area (Å²) in [5.41, 5.74) is 1.34. The highest BCUT2D eigenvalue weighted by Gasteiger charge is 2.26. The molecule has 0 fully saturated rings. The molecule has 0 unspecified atom stereocenters. The molecule has 0 saturated heterocycles. The Morgan fingerprint density at radius 1 is 1.25 bits per heavy atom. The van der Waals surface area contributed by atoms with Crippen molar-refractivity contribution in [3.63, 3.8) is 0 Å². The van der Waals surface area contributed by atoms with E-state index in [1.807, 2.05) is 25.4 Å². The van der Waals surface area contributed by atoms with E-state index in [0.717, 1.165) is 4.96 Å². The fourth-order valence-electron chi connectivity index (χ4n) is 2.75. The van der Waals surface area contributed by atoms with E-state index in [1.165, 1.54) is 11.3 Å². The zero-order valence-electron chi connectivity index (χ0n) is 15.1. The summed E-state index contributed by atoms with van der Waals surface area (Å²) >= 11 is 7.64. The van der Waals surface area contributed by atoms with Crippen LogP contribution in [0.5, 0.6) is 11.5 Å². The first-order valence-electron chi connectivity index (χ1n) is 8.64. The summed E-state index contributed by atoms with van der Waals surface area (Å²) in [6, 6.07) is 5.28. The lowest BCUT2D eigenvalue weighted by Crippen LogP contribution is -2.06. The smallest absolute Gasteiger partial charge is 0.363 e. The first-order chi connectivity index (χ1) is 13.6. The summed E-state index contributed by atoms with van der Waals surface area (Å²) in [6.07, 6.45) is 3.40. The molecule has 4 rings (SSSR count). The van der Waals surface area contributed by atoms with Crippen molar-refractivity contribution in [3.05, 3.63) is 51.9 Å². The van der Waals surface area contributed by atoms with Gasteiger partial charge in [0.05, 0.1) is 18.9 Å². The molecular formula is C19H16ClN3O4S. The van der Waals surface area contributed by atoms with E-state index in [4.69, 9.17) is 25.8 Å². The number of fused-ring (bicyclic) bond motifs is 1. The number of carbonyl (C=O) groups excluding carboxylic acids is 1.